The van der Waals surface area contributed by atoms with Crippen LogP contribution in [0.25, 0.3) is 10.9 Å². The van der Waals surface area contributed by atoms with Crippen LogP contribution in [0.2, 0.25) is 0 Å². The van der Waals surface area contributed by atoms with Gasteiger partial charge in [0.25, 0.3) is 0 Å². The Morgan fingerprint density at radius 2 is 1.71 bits per heavy atom. The highest BCUT2D eigenvalue weighted by atomic mass is 19.1. The molecule has 1 saturated heterocycles. The highest BCUT2D eigenvalue weighted by Crippen LogP contribution is 2.48. The summed E-state index contributed by atoms with van der Waals surface area (Å²) in [6, 6.07) is 7.41. The van der Waals surface area contributed by atoms with E-state index in [0.717, 1.165) is 37.5 Å². The van der Waals surface area contributed by atoms with E-state index >= 15 is 0 Å². The van der Waals surface area contributed by atoms with E-state index in [2.05, 4.69) is 5.32 Å². The summed E-state index contributed by atoms with van der Waals surface area (Å²) < 4.78 is 21.1. The first-order valence-corrected chi connectivity index (χ1v) is 16.4. The Hall–Kier alpha value is -3.63. The number of hydrogen-bond donors (Lipinski definition) is 3. The van der Waals surface area contributed by atoms with Gasteiger partial charge in [-0.1, -0.05) is 50.3 Å². The molecule has 2 aliphatic carbocycles. The van der Waals surface area contributed by atoms with Gasteiger partial charge in [-0.3, -0.25) is 9.59 Å². The van der Waals surface area contributed by atoms with E-state index in [-0.39, 0.29) is 29.4 Å². The Kier molecular flexibility index (Phi) is 9.74. The van der Waals surface area contributed by atoms with Crippen molar-refractivity contribution in [2.75, 3.05) is 6.67 Å². The molecule has 0 spiro atoms. The Balaban J connectivity index is 1.43. The summed E-state index contributed by atoms with van der Waals surface area (Å²) in [5.74, 6) is -2.46. The van der Waals surface area contributed by atoms with Crippen molar-refractivity contribution >= 4 is 34.8 Å². The third-order valence-electron chi connectivity index (χ3n) is 10.1. The molecule has 1 aromatic heterocycles. The molecule has 11 heteroatoms. The number of halogens is 1. The van der Waals surface area contributed by atoms with Gasteiger partial charge in [-0.25, -0.2) is 14.0 Å². The van der Waals surface area contributed by atoms with Gasteiger partial charge in [0, 0.05) is 11.3 Å². The third-order valence-corrected chi connectivity index (χ3v) is 10.1. The van der Waals surface area contributed by atoms with Crippen LogP contribution in [-0.2, 0) is 14.3 Å². The molecule has 2 saturated carbocycles. The number of carboxylic acid groups (broad SMARTS) is 1. The molecule has 3 aliphatic rings. The largest absolute Gasteiger partial charge is 0.477 e. The van der Waals surface area contributed by atoms with Crippen molar-refractivity contribution in [1.29, 1.82) is 0 Å². The zero-order valence-corrected chi connectivity index (χ0v) is 26.5. The van der Waals surface area contributed by atoms with Crippen LogP contribution < -0.4 is 11.1 Å². The second-order valence-electron chi connectivity index (χ2n) is 14.2. The number of carboxylic acids is 1. The number of alkyl carbamates (subject to hydrolysis) is 1. The predicted octanol–water partition coefficient (Wildman–Crippen LogP) is 5.79. The fourth-order valence-corrected chi connectivity index (χ4v) is 8.13. The van der Waals surface area contributed by atoms with Gasteiger partial charge < -0.3 is 30.4 Å². The number of alkyl halides is 1. The number of hydrogen-bond acceptors (Lipinski definition) is 5. The minimum absolute atomic E-state index is 0.0641. The molecule has 2 heterocycles. The number of carbonyl (C=O) groups is 4. The number of fused-ring (bicyclic) bond motifs is 1. The Morgan fingerprint density at radius 3 is 2.31 bits per heavy atom. The number of carbonyl (C=O) groups excluding carboxylic acids is 3. The van der Waals surface area contributed by atoms with E-state index in [0.29, 0.717) is 37.6 Å². The molecule has 2 unspecified atom stereocenters. The minimum Gasteiger partial charge on any atom is -0.477 e. The van der Waals surface area contributed by atoms with Crippen molar-refractivity contribution < 1.29 is 33.4 Å². The number of nitrogens with zero attached hydrogens (tertiary/aromatic N) is 2. The minimum atomic E-state index is -1.11. The average molecular weight is 627 g/mol. The van der Waals surface area contributed by atoms with Gasteiger partial charge in [0.05, 0.1) is 11.6 Å². The summed E-state index contributed by atoms with van der Waals surface area (Å²) in [6.45, 7) is 4.48. The van der Waals surface area contributed by atoms with E-state index in [1.54, 1.807) is 36.3 Å². The van der Waals surface area contributed by atoms with Crippen LogP contribution in [0.4, 0.5) is 9.18 Å². The lowest BCUT2D eigenvalue weighted by atomic mass is 9.76. The van der Waals surface area contributed by atoms with Gasteiger partial charge in [-0.05, 0) is 82.8 Å². The van der Waals surface area contributed by atoms with Crippen LogP contribution in [-0.4, -0.2) is 62.8 Å². The third kappa shape index (κ3) is 6.97. The second-order valence-corrected chi connectivity index (χ2v) is 14.2. The van der Waals surface area contributed by atoms with Crippen LogP contribution in [0.1, 0.15) is 102 Å². The fraction of sp³-hybridized carbons (Fsp3) is 0.647. The summed E-state index contributed by atoms with van der Waals surface area (Å²) in [7, 11) is 0. The lowest BCUT2D eigenvalue weighted by Gasteiger charge is -2.38. The molecular formula is C34H47FN4O6. The van der Waals surface area contributed by atoms with Crippen molar-refractivity contribution in [3.05, 3.63) is 36.0 Å². The molecule has 246 valence electrons. The molecule has 0 bridgehead atoms. The molecule has 0 radical (unpaired) electrons. The Bertz CT molecular complexity index is 1410. The second kappa shape index (κ2) is 13.4. The lowest BCUT2D eigenvalue weighted by Crippen LogP contribution is -2.52. The zero-order chi connectivity index (χ0) is 32.5. The van der Waals surface area contributed by atoms with Crippen LogP contribution in [0, 0.1) is 23.7 Å². The van der Waals surface area contributed by atoms with E-state index in [9.17, 15) is 28.7 Å². The molecule has 2 aromatic rings. The van der Waals surface area contributed by atoms with Crippen LogP contribution >= 0.6 is 0 Å². The summed E-state index contributed by atoms with van der Waals surface area (Å²) >= 11 is 0. The maximum Gasteiger partial charge on any atom is 0.407 e. The van der Waals surface area contributed by atoms with Gasteiger partial charge in [-0.2, -0.15) is 0 Å². The summed E-state index contributed by atoms with van der Waals surface area (Å²) in [4.78, 5) is 54.3. The van der Waals surface area contributed by atoms with Crippen LogP contribution in [0.3, 0.4) is 0 Å². The highest BCUT2D eigenvalue weighted by Gasteiger charge is 2.52. The summed E-state index contributed by atoms with van der Waals surface area (Å²) in [6.07, 6.45) is 6.16. The number of likely N-dealkylation sites (tertiary alicyclic amines) is 1. The number of para-hydroxylation sites is 1. The van der Waals surface area contributed by atoms with E-state index in [1.807, 2.05) is 24.3 Å². The standard InChI is InChI=1S/C34H47FN4O6/c1-34(2,3)45-33(44)37-25(19-35)21-13-15-22(16-14-21)31(41)39-28(18-24(29(39)30(36)40)20-9-5-4-6-10-20)38-26-12-8-7-11-23(26)17-27(38)32(42)43/h7-8,11-12,17,20-22,24-25,28-29H,4-6,9-10,13-16,18-19H2,1-3H3,(H2,36,40)(H,37,44)(H,42,43)/t21?,22?,24-,25?,28?,29-/m0/s1. The molecule has 45 heavy (non-hydrogen) atoms. The average Bonchev–Trinajstić information content (AvgIpc) is 3.59. The van der Waals surface area contributed by atoms with Gasteiger partial charge in [-0.15, -0.1) is 0 Å². The number of benzene rings is 1. The molecule has 4 atom stereocenters. The topological polar surface area (TPSA) is 144 Å². The molecule has 1 aliphatic heterocycles. The van der Waals surface area contributed by atoms with Gasteiger partial charge in [0.2, 0.25) is 11.8 Å². The number of nitrogens with two attached hydrogens (primary N) is 1. The van der Waals surface area contributed by atoms with Crippen molar-refractivity contribution in [1.82, 2.24) is 14.8 Å². The lowest BCUT2D eigenvalue weighted by molar-refractivity contribution is -0.146. The predicted molar refractivity (Wildman–Crippen MR) is 167 cm³/mol. The monoisotopic (exact) mass is 626 g/mol. The molecule has 3 amide bonds. The number of ether oxygens (including phenoxy) is 1. The zero-order valence-electron chi connectivity index (χ0n) is 26.5. The number of aromatic nitrogens is 1. The Labute approximate surface area is 263 Å². The summed E-state index contributed by atoms with van der Waals surface area (Å²) in [5.41, 5.74) is 6.14. The van der Waals surface area contributed by atoms with E-state index < -0.39 is 54.4 Å². The number of nitrogens with one attached hydrogen (secondary N) is 1. The van der Waals surface area contributed by atoms with Gasteiger partial charge >= 0.3 is 12.1 Å². The van der Waals surface area contributed by atoms with Crippen molar-refractivity contribution in [2.24, 2.45) is 29.4 Å². The maximum absolute atomic E-state index is 14.5. The van der Waals surface area contributed by atoms with Crippen molar-refractivity contribution in [2.45, 2.75) is 109 Å². The van der Waals surface area contributed by atoms with Crippen molar-refractivity contribution in [3.8, 4) is 0 Å². The quantitative estimate of drug-likeness (QED) is 0.338. The van der Waals surface area contributed by atoms with Gasteiger partial charge in [0.1, 0.15) is 30.2 Å². The molecular weight excluding hydrogens is 579 g/mol. The number of amides is 3. The van der Waals surface area contributed by atoms with Gasteiger partial charge in [0.15, 0.2) is 0 Å². The van der Waals surface area contributed by atoms with Crippen LogP contribution in [0.15, 0.2) is 30.3 Å². The molecule has 3 fully saturated rings. The Morgan fingerprint density at radius 1 is 1.04 bits per heavy atom. The van der Waals surface area contributed by atoms with Crippen LogP contribution in [0.5, 0.6) is 0 Å². The fourth-order valence-electron chi connectivity index (χ4n) is 8.13. The molecule has 10 nitrogen and oxygen atoms in total. The first kappa shape index (κ1) is 32.8. The first-order chi connectivity index (χ1) is 21.4. The normalized spacial score (nSPS) is 26.8. The van der Waals surface area contributed by atoms with Crippen molar-refractivity contribution in [3.63, 3.8) is 0 Å². The number of rotatable bonds is 8. The summed E-state index contributed by atoms with van der Waals surface area (Å²) in [5, 5.41) is 13.6. The van der Waals surface area contributed by atoms with E-state index in [4.69, 9.17) is 10.5 Å². The smallest absolute Gasteiger partial charge is 0.407 e. The highest BCUT2D eigenvalue weighted by molar-refractivity contribution is 5.95. The maximum atomic E-state index is 14.5. The first-order valence-electron chi connectivity index (χ1n) is 16.4. The SMILES string of the molecule is CC(C)(C)OC(=O)NC(CF)C1CCC(C(=O)N2C(n3c(C(=O)O)cc4ccccc43)C[C@@H](C3CCCCC3)[C@H]2C(N)=O)CC1. The number of primary amides is 1. The number of aromatic carboxylic acids is 1. The molecule has 1 aromatic carbocycles. The van der Waals surface area contributed by atoms with E-state index in [1.165, 1.54) is 0 Å². The molecule has 5 rings (SSSR count). The molecule has 4 N–H and O–H groups in total.